The predicted molar refractivity (Wildman–Crippen MR) is 78.8 cm³/mol. The Morgan fingerprint density at radius 1 is 1.16 bits per heavy atom. The van der Waals surface area contributed by atoms with Crippen LogP contribution in [0.25, 0.3) is 0 Å². The van der Waals surface area contributed by atoms with Crippen molar-refractivity contribution in [3.8, 4) is 0 Å². The van der Waals surface area contributed by atoms with Crippen molar-refractivity contribution >= 4 is 11.8 Å². The number of hydrogen-bond donors (Lipinski definition) is 2. The molecule has 1 aromatic heterocycles. The second-order valence-electron chi connectivity index (χ2n) is 6.86. The molecule has 0 aromatic carbocycles. The molecule has 0 radical (unpaired) electrons. The summed E-state index contributed by atoms with van der Waals surface area (Å²) in [5, 5.41) is 0. The van der Waals surface area contributed by atoms with E-state index in [0.717, 1.165) is 18.4 Å². The fourth-order valence-electron chi connectivity index (χ4n) is 3.32. The quantitative estimate of drug-likeness (QED) is 0.810. The van der Waals surface area contributed by atoms with Crippen LogP contribution >= 0.6 is 0 Å². The minimum absolute atomic E-state index is 0.125. The van der Waals surface area contributed by atoms with Crippen LogP contribution < -0.4 is 11.5 Å². The first-order valence-corrected chi connectivity index (χ1v) is 6.75. The fraction of sp³-hybridized carbons (Fsp3) is 0.714. The van der Waals surface area contributed by atoms with Crippen molar-refractivity contribution in [2.45, 2.75) is 57.5 Å². The van der Waals surface area contributed by atoms with Crippen LogP contribution in [0.4, 0.5) is 11.8 Å². The second-order valence-corrected chi connectivity index (χ2v) is 6.86. The molecule has 5 heteroatoms. The molecule has 0 saturated carbocycles. The van der Waals surface area contributed by atoms with E-state index in [9.17, 15) is 0 Å². The molecule has 1 fully saturated rings. The minimum Gasteiger partial charge on any atom is -0.383 e. The molecule has 19 heavy (non-hydrogen) atoms. The summed E-state index contributed by atoms with van der Waals surface area (Å²) in [7, 11) is 2.19. The number of hydrogen-bond acceptors (Lipinski definition) is 5. The van der Waals surface area contributed by atoms with Crippen molar-refractivity contribution < 1.29 is 0 Å². The molecule has 0 amide bonds. The predicted octanol–water partition coefficient (Wildman–Crippen LogP) is 2.01. The van der Waals surface area contributed by atoms with E-state index in [1.807, 2.05) is 0 Å². The number of nitrogens with zero attached hydrogens (tertiary/aromatic N) is 3. The molecule has 1 aliphatic heterocycles. The lowest BCUT2D eigenvalue weighted by Gasteiger charge is -2.53. The first-order valence-electron chi connectivity index (χ1n) is 6.75. The third kappa shape index (κ3) is 2.52. The summed E-state index contributed by atoms with van der Waals surface area (Å²) < 4.78 is 0. The SMILES string of the molecule is CN1C(C)(C)CC(c2cnc(N)nc2N)CC1(C)C. The van der Waals surface area contributed by atoms with Crippen LogP contribution in [-0.2, 0) is 0 Å². The van der Waals surface area contributed by atoms with E-state index in [1.165, 1.54) is 0 Å². The number of nitrogens with two attached hydrogens (primary N) is 2. The van der Waals surface area contributed by atoms with E-state index in [2.05, 4.69) is 49.6 Å². The number of piperidine rings is 1. The van der Waals surface area contributed by atoms with E-state index >= 15 is 0 Å². The van der Waals surface area contributed by atoms with Gasteiger partial charge in [0.2, 0.25) is 5.95 Å². The minimum atomic E-state index is 0.125. The molecule has 106 valence electrons. The van der Waals surface area contributed by atoms with Crippen molar-refractivity contribution in [1.29, 1.82) is 0 Å². The van der Waals surface area contributed by atoms with Crippen LogP contribution in [0.2, 0.25) is 0 Å². The Hall–Kier alpha value is -1.36. The third-order valence-electron chi connectivity index (χ3n) is 4.61. The van der Waals surface area contributed by atoms with Crippen LogP contribution in [0, 0.1) is 0 Å². The van der Waals surface area contributed by atoms with Gasteiger partial charge in [0, 0.05) is 22.8 Å². The van der Waals surface area contributed by atoms with Gasteiger partial charge in [-0.25, -0.2) is 4.98 Å². The largest absolute Gasteiger partial charge is 0.383 e. The Labute approximate surface area is 115 Å². The van der Waals surface area contributed by atoms with Gasteiger partial charge in [-0.2, -0.15) is 4.98 Å². The van der Waals surface area contributed by atoms with E-state index in [1.54, 1.807) is 6.20 Å². The van der Waals surface area contributed by atoms with Gasteiger partial charge in [0.1, 0.15) is 5.82 Å². The molecule has 0 unspecified atom stereocenters. The van der Waals surface area contributed by atoms with Gasteiger partial charge in [0.05, 0.1) is 0 Å². The number of rotatable bonds is 1. The van der Waals surface area contributed by atoms with Gasteiger partial charge in [-0.1, -0.05) is 0 Å². The van der Waals surface area contributed by atoms with E-state index in [4.69, 9.17) is 11.5 Å². The molecule has 2 rings (SSSR count). The maximum Gasteiger partial charge on any atom is 0.221 e. The Morgan fingerprint density at radius 3 is 2.16 bits per heavy atom. The zero-order valence-corrected chi connectivity index (χ0v) is 12.6. The molecule has 2 heterocycles. The molecule has 1 saturated heterocycles. The average molecular weight is 263 g/mol. The number of aromatic nitrogens is 2. The summed E-state index contributed by atoms with van der Waals surface area (Å²) in [5.41, 5.74) is 12.9. The molecular formula is C14H25N5. The van der Waals surface area contributed by atoms with Crippen LogP contribution in [0.1, 0.15) is 52.0 Å². The van der Waals surface area contributed by atoms with E-state index < -0.39 is 0 Å². The van der Waals surface area contributed by atoms with Crippen molar-refractivity contribution in [2.24, 2.45) is 0 Å². The fourth-order valence-corrected chi connectivity index (χ4v) is 3.32. The highest BCUT2D eigenvalue weighted by Crippen LogP contribution is 2.45. The molecule has 5 nitrogen and oxygen atoms in total. The Balaban J connectivity index is 2.36. The average Bonchev–Trinajstić information content (AvgIpc) is 2.24. The van der Waals surface area contributed by atoms with Gasteiger partial charge in [0.15, 0.2) is 0 Å². The molecule has 0 spiro atoms. The van der Waals surface area contributed by atoms with Gasteiger partial charge in [-0.05, 0) is 53.5 Å². The summed E-state index contributed by atoms with van der Waals surface area (Å²) >= 11 is 0. The maximum absolute atomic E-state index is 6.02. The topological polar surface area (TPSA) is 81.1 Å². The monoisotopic (exact) mass is 263 g/mol. The summed E-state index contributed by atoms with van der Waals surface area (Å²) in [6, 6.07) is 0. The molecule has 0 atom stereocenters. The van der Waals surface area contributed by atoms with Gasteiger partial charge in [-0.15, -0.1) is 0 Å². The van der Waals surface area contributed by atoms with E-state index in [0.29, 0.717) is 11.7 Å². The zero-order chi connectivity index (χ0) is 14.4. The van der Waals surface area contributed by atoms with Gasteiger partial charge in [-0.3, -0.25) is 4.90 Å². The smallest absolute Gasteiger partial charge is 0.221 e. The molecule has 1 aliphatic rings. The lowest BCUT2D eigenvalue weighted by Crippen LogP contribution is -2.58. The maximum atomic E-state index is 6.02. The lowest BCUT2D eigenvalue weighted by molar-refractivity contribution is -0.0127. The highest BCUT2D eigenvalue weighted by molar-refractivity contribution is 5.44. The lowest BCUT2D eigenvalue weighted by atomic mass is 9.72. The first kappa shape index (κ1) is 14.1. The summed E-state index contributed by atoms with van der Waals surface area (Å²) in [6.07, 6.45) is 3.88. The zero-order valence-electron chi connectivity index (χ0n) is 12.6. The van der Waals surface area contributed by atoms with Crippen LogP contribution in [0.15, 0.2) is 6.20 Å². The molecular weight excluding hydrogens is 238 g/mol. The van der Waals surface area contributed by atoms with Crippen LogP contribution in [0.5, 0.6) is 0 Å². The highest BCUT2D eigenvalue weighted by Gasteiger charge is 2.43. The number of likely N-dealkylation sites (tertiary alicyclic amines) is 1. The van der Waals surface area contributed by atoms with Crippen molar-refractivity contribution in [1.82, 2.24) is 14.9 Å². The summed E-state index contributed by atoms with van der Waals surface area (Å²) in [6.45, 7) is 9.09. The second kappa shape index (κ2) is 4.34. The van der Waals surface area contributed by atoms with Gasteiger partial charge in [0.25, 0.3) is 0 Å². The normalized spacial score (nSPS) is 23.4. The van der Waals surface area contributed by atoms with Crippen LogP contribution in [0.3, 0.4) is 0 Å². The molecule has 0 bridgehead atoms. The van der Waals surface area contributed by atoms with E-state index in [-0.39, 0.29) is 17.0 Å². The van der Waals surface area contributed by atoms with Crippen molar-refractivity contribution in [2.75, 3.05) is 18.5 Å². The standard InChI is InChI=1S/C14H25N5/c1-13(2)6-9(7-14(3,4)19(13)5)10-8-17-12(16)18-11(10)15/h8-9H,6-7H2,1-5H3,(H4,15,16,17,18). The summed E-state index contributed by atoms with van der Waals surface area (Å²) in [4.78, 5) is 10.6. The number of nitrogen functional groups attached to an aromatic ring is 2. The van der Waals surface area contributed by atoms with Gasteiger partial charge < -0.3 is 11.5 Å². The Bertz CT molecular complexity index is 463. The highest BCUT2D eigenvalue weighted by atomic mass is 15.2. The van der Waals surface area contributed by atoms with Gasteiger partial charge >= 0.3 is 0 Å². The number of anilines is 2. The Morgan fingerprint density at radius 2 is 1.68 bits per heavy atom. The Kier molecular flexibility index (Phi) is 3.21. The van der Waals surface area contributed by atoms with Crippen molar-refractivity contribution in [3.05, 3.63) is 11.8 Å². The summed E-state index contributed by atoms with van der Waals surface area (Å²) in [5.74, 6) is 1.14. The third-order valence-corrected chi connectivity index (χ3v) is 4.61. The molecule has 4 N–H and O–H groups in total. The molecule has 1 aromatic rings. The first-order chi connectivity index (χ1) is 8.63. The van der Waals surface area contributed by atoms with Crippen molar-refractivity contribution in [3.63, 3.8) is 0 Å². The molecule has 0 aliphatic carbocycles. The van der Waals surface area contributed by atoms with Crippen LogP contribution in [-0.4, -0.2) is 33.0 Å².